The van der Waals surface area contributed by atoms with E-state index in [4.69, 9.17) is 0 Å². The van der Waals surface area contributed by atoms with Crippen molar-refractivity contribution in [1.29, 1.82) is 0 Å². The summed E-state index contributed by atoms with van der Waals surface area (Å²) in [5, 5.41) is 5.25. The number of benzene rings is 4. The second-order valence-corrected chi connectivity index (χ2v) is 8.10. The summed E-state index contributed by atoms with van der Waals surface area (Å²) in [6.45, 7) is 0. The van der Waals surface area contributed by atoms with Gasteiger partial charge in [-0.2, -0.15) is 0 Å². The lowest BCUT2D eigenvalue weighted by Crippen LogP contribution is -1.82. The number of hydrogen-bond donors (Lipinski definition) is 0. The molecule has 7 rings (SSSR count). The lowest BCUT2D eigenvalue weighted by molar-refractivity contribution is 1.33. The topological polar surface area (TPSA) is 17.3 Å². The summed E-state index contributed by atoms with van der Waals surface area (Å²) in [4.78, 5) is 4.13. The van der Waals surface area contributed by atoms with E-state index in [1.807, 2.05) is 24.5 Å². The van der Waals surface area contributed by atoms with Crippen LogP contribution in [-0.2, 0) is 0 Å². The molecule has 3 heterocycles. The standard InChI is InChI=1S/C29H18N2/c1-3-7-27-23(5-1)25-17-22(18-26-24-6-2-4-8-28(24)31(27)29(25)26)20-11-9-19(10-12-20)21-13-15-30-16-14-21/h1-18H. The van der Waals surface area contributed by atoms with E-state index in [-0.39, 0.29) is 0 Å². The number of para-hydroxylation sites is 2. The summed E-state index contributed by atoms with van der Waals surface area (Å²) >= 11 is 0. The summed E-state index contributed by atoms with van der Waals surface area (Å²) < 4.78 is 2.42. The number of fused-ring (bicyclic) bond motifs is 6. The molecule has 7 aromatic rings. The third-order valence-electron chi connectivity index (χ3n) is 6.44. The molecule has 0 saturated carbocycles. The maximum Gasteiger partial charge on any atom is 0.0620 e. The fourth-order valence-electron chi connectivity index (χ4n) is 5.02. The molecule has 0 radical (unpaired) electrons. The van der Waals surface area contributed by atoms with Crippen molar-refractivity contribution in [2.75, 3.05) is 0 Å². The molecule has 0 aliphatic carbocycles. The van der Waals surface area contributed by atoms with Crippen molar-refractivity contribution in [1.82, 2.24) is 9.38 Å². The predicted octanol–water partition coefficient (Wildman–Crippen LogP) is 7.57. The summed E-state index contributed by atoms with van der Waals surface area (Å²) in [5.74, 6) is 0. The molecule has 0 amide bonds. The van der Waals surface area contributed by atoms with Crippen LogP contribution in [-0.4, -0.2) is 9.38 Å². The Kier molecular flexibility index (Phi) is 3.30. The lowest BCUT2D eigenvalue weighted by atomic mass is 9.97. The van der Waals surface area contributed by atoms with Crippen LogP contribution >= 0.6 is 0 Å². The Labute approximate surface area is 179 Å². The Hall–Kier alpha value is -4.17. The molecule has 31 heavy (non-hydrogen) atoms. The predicted molar refractivity (Wildman–Crippen MR) is 130 cm³/mol. The molecule has 0 aliphatic rings. The van der Waals surface area contributed by atoms with Gasteiger partial charge in [-0.3, -0.25) is 4.98 Å². The van der Waals surface area contributed by atoms with Gasteiger partial charge in [-0.15, -0.1) is 0 Å². The second kappa shape index (κ2) is 6.16. The number of aromatic nitrogens is 2. The van der Waals surface area contributed by atoms with E-state index in [1.165, 1.54) is 60.3 Å². The average Bonchev–Trinajstić information content (AvgIpc) is 3.36. The molecule has 0 N–H and O–H groups in total. The van der Waals surface area contributed by atoms with Crippen LogP contribution in [0.4, 0.5) is 0 Å². The van der Waals surface area contributed by atoms with Crippen molar-refractivity contribution < 1.29 is 0 Å². The molecular weight excluding hydrogens is 376 g/mol. The van der Waals surface area contributed by atoms with Gasteiger partial charge in [0.25, 0.3) is 0 Å². The van der Waals surface area contributed by atoms with Crippen LogP contribution in [0.2, 0.25) is 0 Å². The SMILES string of the molecule is c1ccc2c(c1)c1cc(-c3ccc(-c4ccncc4)cc3)cc3c4ccccc4n2c13. The van der Waals surface area contributed by atoms with Gasteiger partial charge in [0.2, 0.25) is 0 Å². The highest BCUT2D eigenvalue weighted by Crippen LogP contribution is 2.41. The Morgan fingerprint density at radius 1 is 0.452 bits per heavy atom. The average molecular weight is 394 g/mol. The van der Waals surface area contributed by atoms with Gasteiger partial charge in [0.15, 0.2) is 0 Å². The largest absolute Gasteiger partial charge is 0.308 e. The molecule has 144 valence electrons. The Morgan fingerprint density at radius 3 is 1.52 bits per heavy atom. The van der Waals surface area contributed by atoms with Crippen LogP contribution in [0.3, 0.4) is 0 Å². The molecule has 0 aliphatic heterocycles. The van der Waals surface area contributed by atoms with Gasteiger partial charge < -0.3 is 4.40 Å². The Balaban J connectivity index is 1.52. The van der Waals surface area contributed by atoms with Crippen molar-refractivity contribution in [2.45, 2.75) is 0 Å². The molecular formula is C29H18N2. The Bertz CT molecular complexity index is 1620. The van der Waals surface area contributed by atoms with E-state index in [0.717, 1.165) is 0 Å². The van der Waals surface area contributed by atoms with Crippen molar-refractivity contribution >= 4 is 38.1 Å². The summed E-state index contributed by atoms with van der Waals surface area (Å²) in [5.41, 5.74) is 8.74. The van der Waals surface area contributed by atoms with Gasteiger partial charge in [-0.25, -0.2) is 0 Å². The first-order chi connectivity index (χ1) is 15.4. The van der Waals surface area contributed by atoms with Crippen molar-refractivity contribution in [2.24, 2.45) is 0 Å². The third-order valence-corrected chi connectivity index (χ3v) is 6.44. The van der Waals surface area contributed by atoms with Crippen molar-refractivity contribution in [3.8, 4) is 22.3 Å². The maximum atomic E-state index is 4.13. The van der Waals surface area contributed by atoms with Crippen LogP contribution in [0, 0.1) is 0 Å². The zero-order valence-corrected chi connectivity index (χ0v) is 16.8. The monoisotopic (exact) mass is 394 g/mol. The zero-order valence-electron chi connectivity index (χ0n) is 16.8. The molecule has 2 heteroatoms. The summed E-state index contributed by atoms with van der Waals surface area (Å²) in [6.07, 6.45) is 3.68. The van der Waals surface area contributed by atoms with Gasteiger partial charge in [0.1, 0.15) is 0 Å². The molecule has 0 atom stereocenters. The van der Waals surface area contributed by atoms with E-state index in [0.29, 0.717) is 0 Å². The van der Waals surface area contributed by atoms with E-state index >= 15 is 0 Å². The van der Waals surface area contributed by atoms with E-state index in [1.54, 1.807) is 0 Å². The van der Waals surface area contributed by atoms with Crippen LogP contribution in [0.5, 0.6) is 0 Å². The number of hydrogen-bond acceptors (Lipinski definition) is 1. The van der Waals surface area contributed by atoms with Crippen LogP contribution in [0.15, 0.2) is 109 Å². The minimum Gasteiger partial charge on any atom is -0.308 e. The highest BCUT2D eigenvalue weighted by atomic mass is 14.9. The van der Waals surface area contributed by atoms with Gasteiger partial charge in [-0.05, 0) is 58.7 Å². The first-order valence-corrected chi connectivity index (χ1v) is 10.6. The molecule has 3 aromatic heterocycles. The smallest absolute Gasteiger partial charge is 0.0620 e. The fourth-order valence-corrected chi connectivity index (χ4v) is 5.02. The highest BCUT2D eigenvalue weighted by molar-refractivity contribution is 6.24. The van der Waals surface area contributed by atoms with Crippen LogP contribution in [0.25, 0.3) is 60.3 Å². The maximum absolute atomic E-state index is 4.13. The van der Waals surface area contributed by atoms with Gasteiger partial charge in [-0.1, -0.05) is 60.7 Å². The van der Waals surface area contributed by atoms with Crippen LogP contribution in [0.1, 0.15) is 0 Å². The minimum absolute atomic E-state index is 1.19. The normalized spacial score (nSPS) is 11.9. The van der Waals surface area contributed by atoms with Gasteiger partial charge in [0, 0.05) is 33.9 Å². The summed E-state index contributed by atoms with van der Waals surface area (Å²) in [7, 11) is 0. The molecule has 0 fully saturated rings. The number of rotatable bonds is 2. The van der Waals surface area contributed by atoms with Crippen molar-refractivity contribution in [3.05, 3.63) is 109 Å². The van der Waals surface area contributed by atoms with E-state index < -0.39 is 0 Å². The fraction of sp³-hybridized carbons (Fsp3) is 0. The third kappa shape index (κ3) is 2.30. The molecule has 0 saturated heterocycles. The van der Waals surface area contributed by atoms with Gasteiger partial charge in [0.05, 0.1) is 16.6 Å². The first-order valence-electron chi connectivity index (χ1n) is 10.6. The van der Waals surface area contributed by atoms with Crippen molar-refractivity contribution in [3.63, 3.8) is 0 Å². The molecule has 0 bridgehead atoms. The highest BCUT2D eigenvalue weighted by Gasteiger charge is 2.18. The molecule has 0 spiro atoms. The van der Waals surface area contributed by atoms with Gasteiger partial charge >= 0.3 is 0 Å². The second-order valence-electron chi connectivity index (χ2n) is 8.10. The molecule has 0 unspecified atom stereocenters. The first kappa shape index (κ1) is 16.6. The number of pyridine rings is 1. The number of nitrogens with zero attached hydrogens (tertiary/aromatic N) is 2. The lowest BCUT2D eigenvalue weighted by Gasteiger charge is -2.06. The van der Waals surface area contributed by atoms with E-state index in [2.05, 4.69) is 94.3 Å². The zero-order chi connectivity index (χ0) is 20.4. The van der Waals surface area contributed by atoms with E-state index in [9.17, 15) is 0 Å². The Morgan fingerprint density at radius 2 is 0.935 bits per heavy atom. The molecule has 4 aromatic carbocycles. The summed E-state index contributed by atoms with van der Waals surface area (Å²) in [6, 6.07) is 35.1. The minimum atomic E-state index is 1.19. The van der Waals surface area contributed by atoms with Crippen LogP contribution < -0.4 is 0 Å². The quantitative estimate of drug-likeness (QED) is 0.296. The molecule has 2 nitrogen and oxygen atoms in total.